The van der Waals surface area contributed by atoms with Crippen LogP contribution in [0, 0.1) is 5.82 Å². The summed E-state index contributed by atoms with van der Waals surface area (Å²) in [6, 6.07) is 6.97. The maximum atomic E-state index is 13.7. The van der Waals surface area contributed by atoms with E-state index in [9.17, 15) is 14.0 Å². The molecule has 0 atom stereocenters. The molecule has 0 heterocycles. The van der Waals surface area contributed by atoms with E-state index in [1.807, 2.05) is 0 Å². The van der Waals surface area contributed by atoms with Crippen molar-refractivity contribution in [3.63, 3.8) is 0 Å². The van der Waals surface area contributed by atoms with Crippen molar-refractivity contribution in [2.45, 2.75) is 6.92 Å². The first-order valence-corrected chi connectivity index (χ1v) is 7.95. The molecule has 0 saturated heterocycles. The second-order valence-electron chi connectivity index (χ2n) is 5.02. The Morgan fingerprint density at radius 1 is 1.04 bits per heavy atom. The van der Waals surface area contributed by atoms with E-state index in [4.69, 9.17) is 9.47 Å². The summed E-state index contributed by atoms with van der Waals surface area (Å²) in [5.74, 6) is -0.584. The van der Waals surface area contributed by atoms with E-state index >= 15 is 0 Å². The van der Waals surface area contributed by atoms with Crippen molar-refractivity contribution in [3.05, 3.63) is 46.2 Å². The van der Waals surface area contributed by atoms with Gasteiger partial charge in [0.25, 0.3) is 5.91 Å². The lowest BCUT2D eigenvalue weighted by atomic mass is 10.1. The molecular formula is C17H16BrFN2O4. The van der Waals surface area contributed by atoms with Crippen LogP contribution in [0.2, 0.25) is 0 Å². The standard InChI is InChI=1S/C17H16BrFN2O4/c1-9(22)20-13-8-11(4-5-12(13)19)21-17(23)10-6-14(24-2)16(18)15(7-10)25-3/h4-8H,1-3H3,(H,20,22)(H,21,23). The van der Waals surface area contributed by atoms with Gasteiger partial charge >= 0.3 is 0 Å². The van der Waals surface area contributed by atoms with Gasteiger partial charge in [-0.3, -0.25) is 9.59 Å². The van der Waals surface area contributed by atoms with Crippen LogP contribution in [-0.2, 0) is 4.79 Å². The average Bonchev–Trinajstić information content (AvgIpc) is 2.57. The van der Waals surface area contributed by atoms with Crippen LogP contribution in [0.3, 0.4) is 0 Å². The van der Waals surface area contributed by atoms with Gasteiger partial charge in [-0.15, -0.1) is 0 Å². The Balaban J connectivity index is 2.29. The van der Waals surface area contributed by atoms with E-state index < -0.39 is 17.6 Å². The fourth-order valence-electron chi connectivity index (χ4n) is 2.09. The second-order valence-corrected chi connectivity index (χ2v) is 5.82. The molecule has 2 amide bonds. The first-order valence-electron chi connectivity index (χ1n) is 7.15. The van der Waals surface area contributed by atoms with Gasteiger partial charge in [-0.05, 0) is 46.3 Å². The maximum absolute atomic E-state index is 13.7. The largest absolute Gasteiger partial charge is 0.495 e. The van der Waals surface area contributed by atoms with Crippen LogP contribution < -0.4 is 20.1 Å². The molecule has 2 aromatic rings. The molecule has 0 saturated carbocycles. The van der Waals surface area contributed by atoms with E-state index in [0.29, 0.717) is 27.2 Å². The minimum atomic E-state index is -0.597. The molecule has 2 aromatic carbocycles. The lowest BCUT2D eigenvalue weighted by molar-refractivity contribution is -0.114. The van der Waals surface area contributed by atoms with E-state index in [-0.39, 0.29) is 5.69 Å². The summed E-state index contributed by atoms with van der Waals surface area (Å²) in [4.78, 5) is 23.6. The highest BCUT2D eigenvalue weighted by atomic mass is 79.9. The maximum Gasteiger partial charge on any atom is 0.255 e. The van der Waals surface area contributed by atoms with Gasteiger partial charge in [0.15, 0.2) is 0 Å². The molecule has 0 spiro atoms. The molecule has 0 aliphatic carbocycles. The van der Waals surface area contributed by atoms with Crippen LogP contribution in [0.5, 0.6) is 11.5 Å². The minimum Gasteiger partial charge on any atom is -0.495 e. The van der Waals surface area contributed by atoms with Crippen molar-refractivity contribution in [3.8, 4) is 11.5 Å². The Morgan fingerprint density at radius 2 is 1.64 bits per heavy atom. The molecule has 0 aromatic heterocycles. The van der Waals surface area contributed by atoms with Crippen LogP contribution in [0.15, 0.2) is 34.8 Å². The summed E-state index contributed by atoms with van der Waals surface area (Å²) >= 11 is 3.33. The molecule has 0 unspecified atom stereocenters. The molecule has 2 N–H and O–H groups in total. The molecule has 2 rings (SSSR count). The Kier molecular flexibility index (Phi) is 5.97. The number of amides is 2. The van der Waals surface area contributed by atoms with Crippen molar-refractivity contribution in [1.82, 2.24) is 0 Å². The van der Waals surface area contributed by atoms with E-state index in [2.05, 4.69) is 26.6 Å². The second kappa shape index (κ2) is 7.98. The summed E-state index contributed by atoms with van der Waals surface area (Å²) in [5.41, 5.74) is 0.606. The van der Waals surface area contributed by atoms with Gasteiger partial charge in [-0.2, -0.15) is 0 Å². The van der Waals surface area contributed by atoms with Gasteiger partial charge in [0.1, 0.15) is 21.8 Å². The van der Waals surface area contributed by atoms with Crippen LogP contribution in [-0.4, -0.2) is 26.0 Å². The Hall–Kier alpha value is -2.61. The third-order valence-corrected chi connectivity index (χ3v) is 4.02. The number of carbonyl (C=O) groups is 2. The van der Waals surface area contributed by atoms with E-state index in [1.165, 1.54) is 33.3 Å². The highest BCUT2D eigenvalue weighted by Gasteiger charge is 2.15. The SMILES string of the molecule is COc1cc(C(=O)Nc2ccc(F)c(NC(C)=O)c2)cc(OC)c1Br. The first kappa shape index (κ1) is 18.7. The number of halogens is 2. The Morgan fingerprint density at radius 3 is 2.16 bits per heavy atom. The average molecular weight is 411 g/mol. The molecule has 0 fully saturated rings. The normalized spacial score (nSPS) is 10.1. The number of nitrogens with one attached hydrogen (secondary N) is 2. The van der Waals surface area contributed by atoms with Gasteiger partial charge in [-0.1, -0.05) is 0 Å². The topological polar surface area (TPSA) is 76.7 Å². The van der Waals surface area contributed by atoms with Crippen LogP contribution in [0.1, 0.15) is 17.3 Å². The molecule has 8 heteroatoms. The number of carbonyl (C=O) groups excluding carboxylic acids is 2. The van der Waals surface area contributed by atoms with Crippen LogP contribution in [0.25, 0.3) is 0 Å². The lowest BCUT2D eigenvalue weighted by Crippen LogP contribution is -2.13. The summed E-state index contributed by atoms with van der Waals surface area (Å²) in [6.07, 6.45) is 0. The quantitative estimate of drug-likeness (QED) is 0.785. The summed E-state index contributed by atoms with van der Waals surface area (Å²) in [7, 11) is 2.95. The third kappa shape index (κ3) is 4.48. The molecule has 0 radical (unpaired) electrons. The number of methoxy groups -OCH3 is 2. The highest BCUT2D eigenvalue weighted by Crippen LogP contribution is 2.35. The Labute approximate surface area is 152 Å². The smallest absolute Gasteiger partial charge is 0.255 e. The van der Waals surface area contributed by atoms with Gasteiger partial charge < -0.3 is 20.1 Å². The van der Waals surface area contributed by atoms with Gasteiger partial charge in [0, 0.05) is 18.2 Å². The Bertz CT molecular complexity index is 801. The van der Waals surface area contributed by atoms with Crippen molar-refractivity contribution in [1.29, 1.82) is 0 Å². The third-order valence-electron chi connectivity index (χ3n) is 3.24. The number of hydrogen-bond donors (Lipinski definition) is 2. The van der Waals surface area contributed by atoms with E-state index in [1.54, 1.807) is 12.1 Å². The zero-order chi connectivity index (χ0) is 18.6. The number of ether oxygens (including phenoxy) is 2. The highest BCUT2D eigenvalue weighted by molar-refractivity contribution is 9.10. The molecule has 0 aliphatic heterocycles. The molecule has 0 aliphatic rings. The zero-order valence-corrected chi connectivity index (χ0v) is 15.4. The number of hydrogen-bond acceptors (Lipinski definition) is 4. The lowest BCUT2D eigenvalue weighted by Gasteiger charge is -2.12. The molecule has 0 bridgehead atoms. The van der Waals surface area contributed by atoms with Gasteiger partial charge in [0.2, 0.25) is 5.91 Å². The first-order chi connectivity index (χ1) is 11.8. The summed E-state index contributed by atoms with van der Waals surface area (Å²) in [6.45, 7) is 1.27. The monoisotopic (exact) mass is 410 g/mol. The fourth-order valence-corrected chi connectivity index (χ4v) is 2.64. The van der Waals surface area contributed by atoms with Crippen molar-refractivity contribution >= 4 is 39.1 Å². The molecular weight excluding hydrogens is 395 g/mol. The molecule has 6 nitrogen and oxygen atoms in total. The number of rotatable bonds is 5. The van der Waals surface area contributed by atoms with E-state index in [0.717, 1.165) is 6.07 Å². The minimum absolute atomic E-state index is 0.0173. The zero-order valence-electron chi connectivity index (χ0n) is 13.8. The fraction of sp³-hybridized carbons (Fsp3) is 0.176. The summed E-state index contributed by atoms with van der Waals surface area (Å²) < 4.78 is 24.7. The van der Waals surface area contributed by atoms with Crippen molar-refractivity contribution < 1.29 is 23.5 Å². The van der Waals surface area contributed by atoms with Gasteiger partial charge in [-0.25, -0.2) is 4.39 Å². The van der Waals surface area contributed by atoms with Crippen LogP contribution in [0.4, 0.5) is 15.8 Å². The molecule has 25 heavy (non-hydrogen) atoms. The molecule has 132 valence electrons. The summed E-state index contributed by atoms with van der Waals surface area (Å²) in [5, 5.41) is 5.00. The number of benzene rings is 2. The van der Waals surface area contributed by atoms with Crippen LogP contribution >= 0.6 is 15.9 Å². The van der Waals surface area contributed by atoms with Gasteiger partial charge in [0.05, 0.1) is 19.9 Å². The number of anilines is 2. The van der Waals surface area contributed by atoms with Crippen molar-refractivity contribution in [2.75, 3.05) is 24.9 Å². The van der Waals surface area contributed by atoms with Crippen molar-refractivity contribution in [2.24, 2.45) is 0 Å². The predicted molar refractivity (Wildman–Crippen MR) is 95.9 cm³/mol. The predicted octanol–water partition coefficient (Wildman–Crippen LogP) is 3.82.